The molecule has 8 nitrogen and oxygen atoms in total. The molecule has 0 aromatic carbocycles. The lowest BCUT2D eigenvalue weighted by Gasteiger charge is -2.02. The van der Waals surface area contributed by atoms with Crippen LogP contribution in [0.1, 0.15) is 18.7 Å². The molecule has 1 heterocycles. The molecule has 0 bridgehead atoms. The molecule has 0 saturated carbocycles. The van der Waals surface area contributed by atoms with Gasteiger partial charge in [0, 0.05) is 18.0 Å². The fraction of sp³-hybridized carbons (Fsp3) is 0.375. The summed E-state index contributed by atoms with van der Waals surface area (Å²) in [6, 6.07) is -0.753. The molecule has 3 N–H and O–H groups in total. The predicted octanol–water partition coefficient (Wildman–Crippen LogP) is 0.359. The average molecular weight is 258 g/mol. The molecule has 9 heteroatoms. The van der Waals surface area contributed by atoms with Crippen molar-refractivity contribution in [1.29, 1.82) is 0 Å². The first-order valence-corrected chi connectivity index (χ1v) is 5.37. The number of nitrogens with one attached hydrogen (secondary N) is 2. The van der Waals surface area contributed by atoms with Crippen LogP contribution in [0.15, 0.2) is 0 Å². The number of rotatable bonds is 4. The van der Waals surface area contributed by atoms with Gasteiger partial charge in [-0.1, -0.05) is 0 Å². The molecule has 0 aliphatic heterocycles. The van der Waals surface area contributed by atoms with Crippen LogP contribution in [0.5, 0.6) is 0 Å². The number of aliphatic carboxylic acids is 1. The Morgan fingerprint density at radius 2 is 2.06 bits per heavy atom. The molecular weight excluding hydrogens is 248 g/mol. The first-order valence-electron chi connectivity index (χ1n) is 4.60. The summed E-state index contributed by atoms with van der Waals surface area (Å²) in [5.41, 5.74) is 0. The highest BCUT2D eigenvalue weighted by molar-refractivity contribution is 7.09. The van der Waals surface area contributed by atoms with E-state index in [1.807, 2.05) is 5.32 Å². The Kier molecular flexibility index (Phi) is 4.52. The van der Waals surface area contributed by atoms with Gasteiger partial charge in [0.2, 0.25) is 11.0 Å². The molecule has 1 rings (SSSR count). The van der Waals surface area contributed by atoms with Crippen LogP contribution in [0.4, 0.5) is 9.93 Å². The predicted molar refractivity (Wildman–Crippen MR) is 58.7 cm³/mol. The highest BCUT2D eigenvalue weighted by atomic mass is 32.1. The number of anilines is 1. The minimum Gasteiger partial charge on any atom is -0.481 e. The minimum absolute atomic E-state index is 0.252. The van der Waals surface area contributed by atoms with Gasteiger partial charge >= 0.3 is 12.0 Å². The topological polar surface area (TPSA) is 121 Å². The van der Waals surface area contributed by atoms with Gasteiger partial charge in [-0.25, -0.2) is 9.78 Å². The van der Waals surface area contributed by atoms with Crippen molar-refractivity contribution in [2.45, 2.75) is 19.8 Å². The second kappa shape index (κ2) is 5.89. The molecule has 1 aromatic rings. The van der Waals surface area contributed by atoms with Gasteiger partial charge in [-0.3, -0.25) is 20.2 Å². The van der Waals surface area contributed by atoms with E-state index in [4.69, 9.17) is 5.11 Å². The molecule has 92 valence electrons. The van der Waals surface area contributed by atoms with Gasteiger partial charge < -0.3 is 5.11 Å². The van der Waals surface area contributed by atoms with Crippen molar-refractivity contribution in [3.8, 4) is 0 Å². The fourth-order valence-corrected chi connectivity index (χ4v) is 1.46. The third-order valence-corrected chi connectivity index (χ3v) is 2.29. The number of aryl methyl sites for hydroxylation is 1. The molecule has 0 unspecified atom stereocenters. The van der Waals surface area contributed by atoms with Crippen molar-refractivity contribution in [2.24, 2.45) is 0 Å². The van der Waals surface area contributed by atoms with Gasteiger partial charge in [-0.15, -0.1) is 0 Å². The first-order chi connectivity index (χ1) is 7.97. The van der Waals surface area contributed by atoms with E-state index in [2.05, 4.69) is 14.7 Å². The van der Waals surface area contributed by atoms with Crippen molar-refractivity contribution < 1.29 is 19.5 Å². The zero-order chi connectivity index (χ0) is 12.8. The van der Waals surface area contributed by atoms with Gasteiger partial charge in [0.05, 0.1) is 6.42 Å². The fourth-order valence-electron chi connectivity index (χ4n) is 0.886. The summed E-state index contributed by atoms with van der Waals surface area (Å²) in [5.74, 6) is -1.24. The van der Waals surface area contributed by atoms with Crippen LogP contribution < -0.4 is 10.6 Å². The number of imide groups is 1. The van der Waals surface area contributed by atoms with Crippen molar-refractivity contribution in [3.63, 3.8) is 0 Å². The van der Waals surface area contributed by atoms with Gasteiger partial charge in [0.25, 0.3) is 0 Å². The van der Waals surface area contributed by atoms with Gasteiger partial charge in [-0.05, 0) is 6.92 Å². The molecule has 0 saturated heterocycles. The largest absolute Gasteiger partial charge is 0.481 e. The van der Waals surface area contributed by atoms with E-state index in [1.165, 1.54) is 0 Å². The zero-order valence-corrected chi connectivity index (χ0v) is 9.71. The van der Waals surface area contributed by atoms with E-state index in [1.54, 1.807) is 6.92 Å². The summed E-state index contributed by atoms with van der Waals surface area (Å²) in [4.78, 5) is 36.4. The number of hydrogen-bond acceptors (Lipinski definition) is 6. The summed E-state index contributed by atoms with van der Waals surface area (Å²) in [6.45, 7) is 1.66. The van der Waals surface area contributed by atoms with Gasteiger partial charge in [-0.2, -0.15) is 4.37 Å². The van der Waals surface area contributed by atoms with Gasteiger partial charge in [0.15, 0.2) is 0 Å². The number of amides is 3. The number of carboxylic acid groups (broad SMARTS) is 1. The highest BCUT2D eigenvalue weighted by Crippen LogP contribution is 2.09. The molecule has 1 aromatic heterocycles. The number of nitrogens with zero attached hydrogens (tertiary/aromatic N) is 2. The second-order valence-electron chi connectivity index (χ2n) is 3.04. The summed E-state index contributed by atoms with van der Waals surface area (Å²) in [7, 11) is 0. The number of carbonyl (C=O) groups is 3. The minimum atomic E-state index is -1.10. The van der Waals surface area contributed by atoms with E-state index >= 15 is 0 Å². The summed E-state index contributed by atoms with van der Waals surface area (Å²) in [5, 5.41) is 12.9. The number of carboxylic acids is 1. The van der Waals surface area contributed by atoms with Crippen molar-refractivity contribution in [3.05, 3.63) is 5.82 Å². The molecule has 0 radical (unpaired) electrons. The third kappa shape index (κ3) is 5.02. The molecule has 0 atom stereocenters. The van der Waals surface area contributed by atoms with Crippen LogP contribution >= 0.6 is 11.5 Å². The van der Waals surface area contributed by atoms with Crippen LogP contribution in [-0.2, 0) is 9.59 Å². The normalized spacial score (nSPS) is 9.71. The van der Waals surface area contributed by atoms with Crippen LogP contribution in [0.2, 0.25) is 0 Å². The maximum Gasteiger partial charge on any atom is 0.327 e. The maximum absolute atomic E-state index is 11.2. The Bertz CT molecular complexity index is 444. The lowest BCUT2D eigenvalue weighted by Crippen LogP contribution is -2.34. The third-order valence-electron chi connectivity index (χ3n) is 1.57. The number of urea groups is 1. The molecule has 0 aliphatic rings. The molecule has 17 heavy (non-hydrogen) atoms. The molecule has 0 fully saturated rings. The lowest BCUT2D eigenvalue weighted by molar-refractivity contribution is -0.138. The maximum atomic E-state index is 11.2. The quantitative estimate of drug-likeness (QED) is 0.716. The van der Waals surface area contributed by atoms with Crippen molar-refractivity contribution in [1.82, 2.24) is 14.7 Å². The second-order valence-corrected chi connectivity index (χ2v) is 3.79. The number of aromatic nitrogens is 2. The smallest absolute Gasteiger partial charge is 0.327 e. The molecular formula is C8H10N4O4S. The summed E-state index contributed by atoms with van der Waals surface area (Å²) >= 11 is 0.985. The highest BCUT2D eigenvalue weighted by Gasteiger charge is 2.11. The van der Waals surface area contributed by atoms with Crippen molar-refractivity contribution >= 4 is 34.6 Å². The van der Waals surface area contributed by atoms with Crippen molar-refractivity contribution in [2.75, 3.05) is 5.32 Å². The Morgan fingerprint density at radius 3 is 2.59 bits per heavy atom. The van der Waals surface area contributed by atoms with Crippen LogP contribution in [0.25, 0.3) is 0 Å². The van der Waals surface area contributed by atoms with E-state index in [9.17, 15) is 14.4 Å². The molecule has 3 amide bonds. The monoisotopic (exact) mass is 258 g/mol. The Labute approximate surface area is 100 Å². The van der Waals surface area contributed by atoms with Crippen LogP contribution in [0, 0.1) is 6.92 Å². The number of hydrogen-bond donors (Lipinski definition) is 3. The zero-order valence-electron chi connectivity index (χ0n) is 8.89. The lowest BCUT2D eigenvalue weighted by atomic mass is 10.3. The molecule has 0 aliphatic carbocycles. The summed E-state index contributed by atoms with van der Waals surface area (Å²) in [6.07, 6.45) is -0.574. The van der Waals surface area contributed by atoms with Crippen LogP contribution in [-0.4, -0.2) is 32.4 Å². The van der Waals surface area contributed by atoms with Crippen LogP contribution in [0.3, 0.4) is 0 Å². The Hall–Kier alpha value is -2.03. The number of carbonyl (C=O) groups excluding carboxylic acids is 2. The standard InChI is InChI=1S/C8H10N4O4S/c1-4-9-8(17-12-4)11-7(16)10-5(13)2-3-6(14)15/h2-3H2,1H3,(H,14,15)(H2,9,10,11,12,13,16). The SMILES string of the molecule is Cc1nsc(NC(=O)NC(=O)CCC(=O)O)n1. The molecule has 0 spiro atoms. The van der Waals surface area contributed by atoms with E-state index in [0.717, 1.165) is 11.5 Å². The average Bonchev–Trinajstić information content (AvgIpc) is 2.60. The Balaban J connectivity index is 2.34. The van der Waals surface area contributed by atoms with Gasteiger partial charge in [0.1, 0.15) is 5.82 Å². The Morgan fingerprint density at radius 1 is 1.35 bits per heavy atom. The van der Waals surface area contributed by atoms with E-state index < -0.39 is 17.9 Å². The first kappa shape index (κ1) is 13.0. The van der Waals surface area contributed by atoms with E-state index in [0.29, 0.717) is 5.82 Å². The van der Waals surface area contributed by atoms with E-state index in [-0.39, 0.29) is 18.0 Å². The summed E-state index contributed by atoms with van der Waals surface area (Å²) < 4.78 is 3.83.